The van der Waals surface area contributed by atoms with Crippen molar-refractivity contribution >= 4 is 5.97 Å². The molecule has 0 amide bonds. The first kappa shape index (κ1) is 11.9. The van der Waals surface area contributed by atoms with Crippen molar-refractivity contribution in [2.24, 2.45) is 0 Å². The molecule has 0 aliphatic carbocycles. The van der Waals surface area contributed by atoms with E-state index in [-0.39, 0.29) is 5.97 Å². The Morgan fingerprint density at radius 1 is 1.31 bits per heavy atom. The molecule has 0 aliphatic heterocycles. The second-order valence-corrected chi connectivity index (χ2v) is 2.74. The lowest BCUT2D eigenvalue weighted by molar-refractivity contribution is -0.140. The largest absolute Gasteiger partial charge is 0.469 e. The summed E-state index contributed by atoms with van der Waals surface area (Å²) in [6, 6.07) is 0. The Morgan fingerprint density at radius 2 is 2.08 bits per heavy atom. The van der Waals surface area contributed by atoms with E-state index in [1.807, 2.05) is 13.0 Å². The first-order valence-electron chi connectivity index (χ1n) is 4.64. The molecule has 0 aliphatic rings. The molecule has 0 radical (unpaired) electrons. The molecular formula is C11H18O2. The standard InChI is InChI=1S/C11H18O2/c1-3-4-5-6-7-8-9-10-11(12)13-2/h3-4,6-7H,5,8-10H2,1-2H3/b4-3+,7-6+. The third-order valence-electron chi connectivity index (χ3n) is 1.65. The predicted molar refractivity (Wildman–Crippen MR) is 54.4 cm³/mol. The average molecular weight is 182 g/mol. The highest BCUT2D eigenvalue weighted by molar-refractivity contribution is 5.68. The van der Waals surface area contributed by atoms with Crippen LogP contribution in [0.4, 0.5) is 0 Å². The van der Waals surface area contributed by atoms with Gasteiger partial charge in [-0.2, -0.15) is 0 Å². The predicted octanol–water partition coefficient (Wildman–Crippen LogP) is 2.85. The number of hydrogen-bond acceptors (Lipinski definition) is 2. The summed E-state index contributed by atoms with van der Waals surface area (Å²) < 4.78 is 4.52. The van der Waals surface area contributed by atoms with Crippen LogP contribution in [0.25, 0.3) is 0 Å². The Bertz CT molecular complexity index is 181. The molecular weight excluding hydrogens is 164 g/mol. The number of allylic oxidation sites excluding steroid dienone is 4. The van der Waals surface area contributed by atoms with Gasteiger partial charge in [-0.05, 0) is 26.2 Å². The van der Waals surface area contributed by atoms with Crippen molar-refractivity contribution in [1.82, 2.24) is 0 Å². The third kappa shape index (κ3) is 8.86. The number of rotatable bonds is 6. The summed E-state index contributed by atoms with van der Waals surface area (Å²) in [7, 11) is 1.42. The van der Waals surface area contributed by atoms with E-state index in [2.05, 4.69) is 23.0 Å². The molecule has 74 valence electrons. The van der Waals surface area contributed by atoms with E-state index < -0.39 is 0 Å². The van der Waals surface area contributed by atoms with Crippen LogP contribution in [-0.2, 0) is 9.53 Å². The number of hydrogen-bond donors (Lipinski definition) is 0. The highest BCUT2D eigenvalue weighted by atomic mass is 16.5. The van der Waals surface area contributed by atoms with Crippen LogP contribution in [0.5, 0.6) is 0 Å². The van der Waals surface area contributed by atoms with E-state index in [4.69, 9.17) is 0 Å². The van der Waals surface area contributed by atoms with Crippen LogP contribution >= 0.6 is 0 Å². The van der Waals surface area contributed by atoms with Gasteiger partial charge >= 0.3 is 5.97 Å². The van der Waals surface area contributed by atoms with Crippen LogP contribution < -0.4 is 0 Å². The summed E-state index contributed by atoms with van der Waals surface area (Å²) in [5, 5.41) is 0. The quantitative estimate of drug-likeness (QED) is 0.358. The van der Waals surface area contributed by atoms with Crippen LogP contribution in [0.1, 0.15) is 32.6 Å². The molecule has 13 heavy (non-hydrogen) atoms. The summed E-state index contributed by atoms with van der Waals surface area (Å²) in [5.74, 6) is -0.123. The van der Waals surface area contributed by atoms with E-state index in [0.717, 1.165) is 19.3 Å². The van der Waals surface area contributed by atoms with E-state index in [0.29, 0.717) is 6.42 Å². The number of unbranched alkanes of at least 4 members (excludes halogenated alkanes) is 1. The second kappa shape index (κ2) is 9.04. The summed E-state index contributed by atoms with van der Waals surface area (Å²) in [6.45, 7) is 2.01. The van der Waals surface area contributed by atoms with Gasteiger partial charge < -0.3 is 4.74 Å². The third-order valence-corrected chi connectivity index (χ3v) is 1.65. The SMILES string of the molecule is C/C=C/C/C=C/CCCC(=O)OC. The summed E-state index contributed by atoms with van der Waals surface area (Å²) in [5.41, 5.74) is 0. The lowest BCUT2D eigenvalue weighted by Gasteiger charge is -1.95. The molecule has 2 heteroatoms. The first-order chi connectivity index (χ1) is 6.31. The van der Waals surface area contributed by atoms with Crippen LogP contribution in [-0.4, -0.2) is 13.1 Å². The average Bonchev–Trinajstić information content (AvgIpc) is 2.16. The summed E-state index contributed by atoms with van der Waals surface area (Å²) >= 11 is 0. The van der Waals surface area contributed by atoms with Crippen LogP contribution in [0.15, 0.2) is 24.3 Å². The smallest absolute Gasteiger partial charge is 0.305 e. The van der Waals surface area contributed by atoms with E-state index in [9.17, 15) is 4.79 Å². The maximum atomic E-state index is 10.7. The minimum absolute atomic E-state index is 0.123. The normalized spacial score (nSPS) is 11.2. The zero-order valence-corrected chi connectivity index (χ0v) is 8.45. The number of carbonyl (C=O) groups is 1. The molecule has 0 bridgehead atoms. The molecule has 0 aromatic heterocycles. The van der Waals surface area contributed by atoms with Crippen LogP contribution in [0, 0.1) is 0 Å². The molecule has 2 nitrogen and oxygen atoms in total. The topological polar surface area (TPSA) is 26.3 Å². The van der Waals surface area contributed by atoms with Crippen molar-refractivity contribution in [2.75, 3.05) is 7.11 Å². The molecule has 0 atom stereocenters. The number of methoxy groups -OCH3 is 1. The fourth-order valence-electron chi connectivity index (χ4n) is 0.895. The van der Waals surface area contributed by atoms with Gasteiger partial charge in [-0.1, -0.05) is 24.3 Å². The fourth-order valence-corrected chi connectivity index (χ4v) is 0.895. The van der Waals surface area contributed by atoms with E-state index in [1.54, 1.807) is 0 Å². The molecule has 0 saturated heterocycles. The van der Waals surface area contributed by atoms with Gasteiger partial charge in [0.2, 0.25) is 0 Å². The Hall–Kier alpha value is -1.05. The zero-order valence-electron chi connectivity index (χ0n) is 8.45. The summed E-state index contributed by atoms with van der Waals surface area (Å²) in [6.07, 6.45) is 11.7. The highest BCUT2D eigenvalue weighted by Gasteiger charge is 1.96. The maximum Gasteiger partial charge on any atom is 0.305 e. The Balaban J connectivity index is 3.24. The Morgan fingerprint density at radius 3 is 2.69 bits per heavy atom. The lowest BCUT2D eigenvalue weighted by Crippen LogP contribution is -1.98. The zero-order chi connectivity index (χ0) is 9.94. The fraction of sp³-hybridized carbons (Fsp3) is 0.545. The van der Waals surface area contributed by atoms with Gasteiger partial charge in [-0.25, -0.2) is 0 Å². The molecule has 0 aromatic carbocycles. The minimum Gasteiger partial charge on any atom is -0.469 e. The van der Waals surface area contributed by atoms with E-state index >= 15 is 0 Å². The maximum absolute atomic E-state index is 10.7. The van der Waals surface area contributed by atoms with Gasteiger partial charge in [-0.15, -0.1) is 0 Å². The van der Waals surface area contributed by atoms with Crippen molar-refractivity contribution in [3.8, 4) is 0 Å². The minimum atomic E-state index is -0.123. The molecule has 0 fully saturated rings. The number of ether oxygens (including phenoxy) is 1. The van der Waals surface area contributed by atoms with E-state index in [1.165, 1.54) is 7.11 Å². The van der Waals surface area contributed by atoms with Gasteiger partial charge in [0.25, 0.3) is 0 Å². The second-order valence-electron chi connectivity index (χ2n) is 2.74. The van der Waals surface area contributed by atoms with Gasteiger partial charge in [0.1, 0.15) is 0 Å². The first-order valence-corrected chi connectivity index (χ1v) is 4.64. The Kier molecular flexibility index (Phi) is 8.31. The molecule has 0 N–H and O–H groups in total. The Labute approximate surface area is 80.3 Å². The van der Waals surface area contributed by atoms with Crippen molar-refractivity contribution in [3.05, 3.63) is 24.3 Å². The molecule has 0 rings (SSSR count). The van der Waals surface area contributed by atoms with Crippen LogP contribution in [0.3, 0.4) is 0 Å². The highest BCUT2D eigenvalue weighted by Crippen LogP contribution is 1.99. The summed E-state index contributed by atoms with van der Waals surface area (Å²) in [4.78, 5) is 10.7. The molecule has 0 unspecified atom stereocenters. The molecule has 0 spiro atoms. The lowest BCUT2D eigenvalue weighted by atomic mass is 10.2. The monoisotopic (exact) mass is 182 g/mol. The van der Waals surface area contributed by atoms with Crippen molar-refractivity contribution in [2.45, 2.75) is 32.6 Å². The van der Waals surface area contributed by atoms with Gasteiger partial charge in [0, 0.05) is 6.42 Å². The van der Waals surface area contributed by atoms with Crippen molar-refractivity contribution < 1.29 is 9.53 Å². The van der Waals surface area contributed by atoms with Crippen LogP contribution in [0.2, 0.25) is 0 Å². The van der Waals surface area contributed by atoms with Gasteiger partial charge in [0.05, 0.1) is 7.11 Å². The van der Waals surface area contributed by atoms with Crippen molar-refractivity contribution in [3.63, 3.8) is 0 Å². The van der Waals surface area contributed by atoms with Crippen molar-refractivity contribution in [1.29, 1.82) is 0 Å². The number of esters is 1. The molecule has 0 heterocycles. The van der Waals surface area contributed by atoms with Gasteiger partial charge in [-0.3, -0.25) is 4.79 Å². The molecule has 0 aromatic rings. The van der Waals surface area contributed by atoms with Gasteiger partial charge in [0.15, 0.2) is 0 Å². The molecule has 0 saturated carbocycles. The number of carbonyl (C=O) groups excluding carboxylic acids is 1.